The number of halogens is 1. The van der Waals surface area contributed by atoms with Gasteiger partial charge in [-0.25, -0.2) is 4.39 Å². The summed E-state index contributed by atoms with van der Waals surface area (Å²) in [5, 5.41) is 0.688. The van der Waals surface area contributed by atoms with Crippen molar-refractivity contribution in [2.45, 2.75) is 13.5 Å². The van der Waals surface area contributed by atoms with Crippen molar-refractivity contribution in [2.24, 2.45) is 0 Å². The molecule has 4 rings (SSSR count). The van der Waals surface area contributed by atoms with E-state index >= 15 is 0 Å². The monoisotopic (exact) mass is 380 g/mol. The maximum Gasteiger partial charge on any atom is 0.293 e. The standard InChI is InChI=1S/C21H17FN2O2S/c1-13-16(11-19-20(25)23(2)21(26)27-19)15-8-4-6-10-18(15)24(13)12-14-7-3-5-9-17(14)22/h3-11H,12H2,1-2H3. The highest BCUT2D eigenvalue weighted by Gasteiger charge is 2.32. The van der Waals surface area contributed by atoms with Gasteiger partial charge in [0.2, 0.25) is 0 Å². The van der Waals surface area contributed by atoms with Gasteiger partial charge in [0.15, 0.2) is 0 Å². The molecular formula is C21H17FN2O2S. The van der Waals surface area contributed by atoms with Gasteiger partial charge >= 0.3 is 0 Å². The first-order valence-electron chi connectivity index (χ1n) is 8.50. The maximum atomic E-state index is 14.2. The number of amides is 2. The third-order valence-corrected chi connectivity index (χ3v) is 5.79. The lowest BCUT2D eigenvalue weighted by Crippen LogP contribution is -2.22. The summed E-state index contributed by atoms with van der Waals surface area (Å²) in [6, 6.07) is 14.5. The van der Waals surface area contributed by atoms with E-state index in [2.05, 4.69) is 0 Å². The Labute approximate surface area is 160 Å². The second-order valence-electron chi connectivity index (χ2n) is 6.43. The van der Waals surface area contributed by atoms with Crippen LogP contribution in [0.2, 0.25) is 0 Å². The SMILES string of the molecule is Cc1c(C=C2SC(=O)N(C)C2=O)c2ccccc2n1Cc1ccccc1F. The van der Waals surface area contributed by atoms with E-state index in [9.17, 15) is 14.0 Å². The molecule has 4 nitrogen and oxygen atoms in total. The molecule has 0 spiro atoms. The van der Waals surface area contributed by atoms with E-state index < -0.39 is 0 Å². The van der Waals surface area contributed by atoms with E-state index in [1.54, 1.807) is 18.2 Å². The number of imide groups is 1. The van der Waals surface area contributed by atoms with Gasteiger partial charge in [0.05, 0.1) is 11.4 Å². The number of rotatable bonds is 3. The molecule has 0 bridgehead atoms. The zero-order valence-electron chi connectivity index (χ0n) is 14.9. The molecule has 0 atom stereocenters. The van der Waals surface area contributed by atoms with Crippen molar-refractivity contribution in [3.63, 3.8) is 0 Å². The van der Waals surface area contributed by atoms with Crippen LogP contribution in [0.5, 0.6) is 0 Å². The summed E-state index contributed by atoms with van der Waals surface area (Å²) in [5.74, 6) is -0.543. The second-order valence-corrected chi connectivity index (χ2v) is 7.43. The molecule has 136 valence electrons. The van der Waals surface area contributed by atoms with Gasteiger partial charge in [-0.05, 0) is 36.9 Å². The highest BCUT2D eigenvalue weighted by Crippen LogP contribution is 2.35. The summed E-state index contributed by atoms with van der Waals surface area (Å²) in [4.78, 5) is 25.6. The summed E-state index contributed by atoms with van der Waals surface area (Å²) < 4.78 is 16.2. The van der Waals surface area contributed by atoms with Crippen LogP contribution in [0.1, 0.15) is 16.8 Å². The maximum absolute atomic E-state index is 14.2. The molecule has 1 aliphatic heterocycles. The van der Waals surface area contributed by atoms with Crippen molar-refractivity contribution in [3.8, 4) is 0 Å². The lowest BCUT2D eigenvalue weighted by molar-refractivity contribution is -0.121. The van der Waals surface area contributed by atoms with Crippen molar-refractivity contribution in [3.05, 3.63) is 76.1 Å². The van der Waals surface area contributed by atoms with E-state index in [0.717, 1.165) is 38.8 Å². The van der Waals surface area contributed by atoms with Crippen molar-refractivity contribution in [2.75, 3.05) is 7.05 Å². The van der Waals surface area contributed by atoms with Crippen LogP contribution in [0.3, 0.4) is 0 Å². The van der Waals surface area contributed by atoms with Gasteiger partial charge < -0.3 is 4.57 Å². The average molecular weight is 380 g/mol. The highest BCUT2D eigenvalue weighted by molar-refractivity contribution is 8.18. The number of para-hydroxylation sites is 1. The number of fused-ring (bicyclic) bond motifs is 1. The number of hydrogen-bond acceptors (Lipinski definition) is 3. The van der Waals surface area contributed by atoms with Gasteiger partial charge in [-0.1, -0.05) is 36.4 Å². The Hall–Kier alpha value is -2.86. The van der Waals surface area contributed by atoms with Crippen LogP contribution in [0, 0.1) is 12.7 Å². The normalized spacial score (nSPS) is 16.1. The van der Waals surface area contributed by atoms with Gasteiger partial charge in [-0.3, -0.25) is 14.5 Å². The van der Waals surface area contributed by atoms with Gasteiger partial charge in [-0.15, -0.1) is 0 Å². The Morgan fingerprint density at radius 1 is 1.07 bits per heavy atom. The first-order valence-corrected chi connectivity index (χ1v) is 9.32. The molecule has 1 aromatic heterocycles. The van der Waals surface area contributed by atoms with Crippen molar-refractivity contribution in [1.29, 1.82) is 0 Å². The molecule has 1 fully saturated rings. The molecule has 0 radical (unpaired) electrons. The number of hydrogen-bond donors (Lipinski definition) is 0. The van der Waals surface area contributed by atoms with E-state index in [0.29, 0.717) is 17.0 Å². The van der Waals surface area contributed by atoms with Crippen LogP contribution < -0.4 is 0 Å². The van der Waals surface area contributed by atoms with E-state index in [4.69, 9.17) is 0 Å². The van der Waals surface area contributed by atoms with Gasteiger partial charge in [0, 0.05) is 34.8 Å². The average Bonchev–Trinajstić information content (AvgIpc) is 3.07. The van der Waals surface area contributed by atoms with Crippen LogP contribution >= 0.6 is 11.8 Å². The fraction of sp³-hybridized carbons (Fsp3) is 0.143. The molecule has 1 aliphatic rings. The summed E-state index contributed by atoms with van der Waals surface area (Å²) >= 11 is 0.939. The molecule has 2 aromatic carbocycles. The summed E-state index contributed by atoms with van der Waals surface area (Å²) in [6.07, 6.45) is 1.77. The smallest absolute Gasteiger partial charge is 0.293 e. The Morgan fingerprint density at radius 2 is 1.78 bits per heavy atom. The Morgan fingerprint density at radius 3 is 2.48 bits per heavy atom. The van der Waals surface area contributed by atoms with Crippen LogP contribution in [0.4, 0.5) is 9.18 Å². The lowest BCUT2D eigenvalue weighted by Gasteiger charge is -2.09. The molecule has 27 heavy (non-hydrogen) atoms. The summed E-state index contributed by atoms with van der Waals surface area (Å²) in [5.41, 5.74) is 3.35. The molecule has 6 heteroatoms. The number of carbonyl (C=O) groups excluding carboxylic acids is 2. The highest BCUT2D eigenvalue weighted by atomic mass is 32.2. The molecule has 1 saturated heterocycles. The molecule has 3 aromatic rings. The molecule has 2 amide bonds. The van der Waals surface area contributed by atoms with Crippen LogP contribution in [0.15, 0.2) is 53.4 Å². The fourth-order valence-electron chi connectivity index (χ4n) is 3.32. The minimum atomic E-state index is -0.296. The van der Waals surface area contributed by atoms with Crippen LogP contribution in [-0.2, 0) is 11.3 Å². The Bertz CT molecular complexity index is 1120. The topological polar surface area (TPSA) is 42.3 Å². The van der Waals surface area contributed by atoms with E-state index in [1.165, 1.54) is 13.1 Å². The van der Waals surface area contributed by atoms with Crippen molar-refractivity contribution >= 4 is 39.9 Å². The number of aromatic nitrogens is 1. The Balaban J connectivity index is 1.86. The van der Waals surface area contributed by atoms with Gasteiger partial charge in [0.25, 0.3) is 11.1 Å². The molecule has 2 heterocycles. The Kier molecular flexibility index (Phi) is 4.36. The van der Waals surface area contributed by atoms with Crippen LogP contribution in [-0.4, -0.2) is 27.7 Å². The minimum absolute atomic E-state index is 0.247. The number of likely N-dealkylation sites (N-methyl/N-ethyl adjacent to an activating group) is 1. The molecule has 0 aliphatic carbocycles. The first-order chi connectivity index (χ1) is 13.0. The third-order valence-electron chi connectivity index (χ3n) is 4.83. The number of carbonyl (C=O) groups is 2. The lowest BCUT2D eigenvalue weighted by atomic mass is 10.1. The number of benzene rings is 2. The largest absolute Gasteiger partial charge is 0.340 e. The fourth-order valence-corrected chi connectivity index (χ4v) is 4.13. The molecular weight excluding hydrogens is 363 g/mol. The third kappa shape index (κ3) is 2.96. The second kappa shape index (κ2) is 6.70. The minimum Gasteiger partial charge on any atom is -0.340 e. The first kappa shape index (κ1) is 17.5. The van der Waals surface area contributed by atoms with Crippen LogP contribution in [0.25, 0.3) is 17.0 Å². The number of nitrogens with zero attached hydrogens (tertiary/aromatic N) is 2. The molecule has 0 unspecified atom stereocenters. The number of thioether (sulfide) groups is 1. The molecule has 0 N–H and O–H groups in total. The summed E-state index contributed by atoms with van der Waals surface area (Å²) in [6.45, 7) is 2.34. The van der Waals surface area contributed by atoms with Gasteiger partial charge in [-0.2, -0.15) is 0 Å². The molecule has 0 saturated carbocycles. The van der Waals surface area contributed by atoms with Crippen molar-refractivity contribution in [1.82, 2.24) is 9.47 Å². The quantitative estimate of drug-likeness (QED) is 0.613. The van der Waals surface area contributed by atoms with Gasteiger partial charge in [0.1, 0.15) is 5.82 Å². The van der Waals surface area contributed by atoms with E-state index in [-0.39, 0.29) is 17.0 Å². The zero-order chi connectivity index (χ0) is 19.1. The predicted octanol–water partition coefficient (Wildman–Crippen LogP) is 4.80. The van der Waals surface area contributed by atoms with Crippen molar-refractivity contribution < 1.29 is 14.0 Å². The zero-order valence-corrected chi connectivity index (χ0v) is 15.7. The predicted molar refractivity (Wildman–Crippen MR) is 106 cm³/mol. The summed E-state index contributed by atoms with van der Waals surface area (Å²) in [7, 11) is 1.48. The van der Waals surface area contributed by atoms with E-state index in [1.807, 2.05) is 41.8 Å².